The molecule has 2 aromatic carbocycles. The van der Waals surface area contributed by atoms with Crippen molar-refractivity contribution in [1.82, 2.24) is 10.2 Å². The highest BCUT2D eigenvalue weighted by Crippen LogP contribution is 2.41. The summed E-state index contributed by atoms with van der Waals surface area (Å²) >= 11 is 6.72. The number of aryl methyl sites for hydroxylation is 1. The monoisotopic (exact) mass is 491 g/mol. The second-order valence-corrected chi connectivity index (χ2v) is 8.33. The smallest absolute Gasteiger partial charge is 0.323 e. The summed E-state index contributed by atoms with van der Waals surface area (Å²) in [6, 6.07) is 12.4. The summed E-state index contributed by atoms with van der Waals surface area (Å²) in [5.41, 5.74) is 1.39. The molecule has 1 heterocycles. The van der Waals surface area contributed by atoms with Gasteiger partial charge in [-0.15, -0.1) is 0 Å². The van der Waals surface area contributed by atoms with E-state index in [1.165, 1.54) is 0 Å². The van der Waals surface area contributed by atoms with Crippen molar-refractivity contribution in [3.63, 3.8) is 0 Å². The number of imide groups is 1. The van der Waals surface area contributed by atoms with Crippen LogP contribution in [-0.2, 0) is 21.5 Å². The number of benzene rings is 2. The first kappa shape index (κ1) is 18.2. The number of halogens is 2. The number of fused-ring (bicyclic) bond motifs is 2. The Labute approximate surface area is 172 Å². The Bertz CT molecular complexity index is 978. The molecule has 0 unspecified atom stereocenters. The maximum absolute atomic E-state index is 13.0. The third kappa shape index (κ3) is 3.06. The van der Waals surface area contributed by atoms with E-state index in [1.807, 2.05) is 24.3 Å². The fourth-order valence-corrected chi connectivity index (χ4v) is 4.80. The van der Waals surface area contributed by atoms with Gasteiger partial charge in [0.1, 0.15) is 12.1 Å². The molecule has 2 N–H and O–H groups in total. The van der Waals surface area contributed by atoms with Gasteiger partial charge in [-0.2, -0.15) is 0 Å². The second-order valence-electron chi connectivity index (χ2n) is 6.56. The van der Waals surface area contributed by atoms with Crippen LogP contribution in [0.2, 0.25) is 0 Å². The highest BCUT2D eigenvalue weighted by molar-refractivity contribution is 9.11. The zero-order valence-electron chi connectivity index (χ0n) is 14.1. The minimum Gasteiger partial charge on any atom is -0.323 e. The van der Waals surface area contributed by atoms with Crippen LogP contribution in [0.1, 0.15) is 17.5 Å². The molecule has 138 valence electrons. The lowest BCUT2D eigenvalue weighted by Crippen LogP contribution is -2.43. The topological polar surface area (TPSA) is 78.5 Å². The minimum atomic E-state index is -1.05. The maximum atomic E-state index is 13.0. The van der Waals surface area contributed by atoms with Crippen LogP contribution in [0, 0.1) is 0 Å². The van der Waals surface area contributed by atoms with Gasteiger partial charge in [-0.1, -0.05) is 40.2 Å². The van der Waals surface area contributed by atoms with Crippen molar-refractivity contribution in [3.8, 4) is 0 Å². The fraction of sp³-hybridized carbons (Fsp3) is 0.211. The Kier molecular flexibility index (Phi) is 4.55. The molecule has 2 aromatic rings. The molecule has 1 atom stereocenters. The van der Waals surface area contributed by atoms with Gasteiger partial charge in [-0.05, 0) is 58.1 Å². The first-order valence-corrected chi connectivity index (χ1v) is 9.97. The van der Waals surface area contributed by atoms with Gasteiger partial charge in [0.15, 0.2) is 0 Å². The van der Waals surface area contributed by atoms with E-state index in [-0.39, 0.29) is 12.5 Å². The van der Waals surface area contributed by atoms with Gasteiger partial charge in [-0.25, -0.2) is 4.79 Å². The molecule has 27 heavy (non-hydrogen) atoms. The standard InChI is InChI=1S/C19H15Br2N3O3/c20-12-5-6-15(14(21)9-12)22-16(25)10-24-17(26)19(23-18(24)27)8-7-11-3-1-2-4-13(11)19/h1-6,9H,7-8,10H2,(H,22,25)(H,23,27)/t19-/m1/s1. The zero-order chi connectivity index (χ0) is 19.2. The predicted molar refractivity (Wildman–Crippen MR) is 107 cm³/mol. The van der Waals surface area contributed by atoms with Gasteiger partial charge in [-0.3, -0.25) is 14.5 Å². The molecular weight excluding hydrogens is 478 g/mol. The lowest BCUT2D eigenvalue weighted by molar-refractivity contribution is -0.134. The van der Waals surface area contributed by atoms with Gasteiger partial charge < -0.3 is 10.6 Å². The largest absolute Gasteiger partial charge is 0.325 e. The molecule has 8 heteroatoms. The SMILES string of the molecule is O=C(CN1C(=O)N[C@@]2(CCc3ccccc32)C1=O)Nc1ccc(Br)cc1Br. The average Bonchev–Trinajstić information content (AvgIpc) is 3.11. The molecule has 0 radical (unpaired) electrons. The van der Waals surface area contributed by atoms with E-state index in [9.17, 15) is 14.4 Å². The number of nitrogens with one attached hydrogen (secondary N) is 2. The van der Waals surface area contributed by atoms with Crippen molar-refractivity contribution in [3.05, 3.63) is 62.5 Å². The van der Waals surface area contributed by atoms with E-state index in [2.05, 4.69) is 42.5 Å². The van der Waals surface area contributed by atoms with Crippen molar-refractivity contribution in [2.75, 3.05) is 11.9 Å². The van der Waals surface area contributed by atoms with Gasteiger partial charge in [0.2, 0.25) is 5.91 Å². The Morgan fingerprint density at radius 2 is 1.96 bits per heavy atom. The zero-order valence-corrected chi connectivity index (χ0v) is 17.3. The second kappa shape index (κ2) is 6.76. The summed E-state index contributed by atoms with van der Waals surface area (Å²) in [5.74, 6) is -0.813. The van der Waals surface area contributed by atoms with Crippen LogP contribution in [0.4, 0.5) is 10.5 Å². The Morgan fingerprint density at radius 3 is 2.74 bits per heavy atom. The quantitative estimate of drug-likeness (QED) is 0.643. The Balaban J connectivity index is 1.53. The summed E-state index contributed by atoms with van der Waals surface area (Å²) in [5, 5.41) is 5.54. The molecule has 4 amide bonds. The first-order valence-electron chi connectivity index (χ1n) is 8.38. The van der Waals surface area contributed by atoms with Gasteiger partial charge >= 0.3 is 6.03 Å². The molecule has 1 spiro atoms. The summed E-state index contributed by atoms with van der Waals surface area (Å²) in [6.07, 6.45) is 1.22. The van der Waals surface area contributed by atoms with Crippen molar-refractivity contribution < 1.29 is 14.4 Å². The van der Waals surface area contributed by atoms with Crippen molar-refractivity contribution in [2.45, 2.75) is 18.4 Å². The van der Waals surface area contributed by atoms with Gasteiger partial charge in [0, 0.05) is 8.95 Å². The number of carbonyl (C=O) groups is 3. The summed E-state index contributed by atoms with van der Waals surface area (Å²) in [7, 11) is 0. The molecule has 1 aliphatic carbocycles. The molecule has 0 saturated carbocycles. The van der Waals surface area contributed by atoms with Crippen LogP contribution in [0.3, 0.4) is 0 Å². The van der Waals surface area contributed by atoms with Crippen LogP contribution in [0.25, 0.3) is 0 Å². The highest BCUT2D eigenvalue weighted by atomic mass is 79.9. The lowest BCUT2D eigenvalue weighted by Gasteiger charge is -2.22. The average molecular weight is 493 g/mol. The fourth-order valence-electron chi connectivity index (χ4n) is 3.66. The number of hydrogen-bond donors (Lipinski definition) is 2. The van der Waals surface area contributed by atoms with Crippen LogP contribution in [-0.4, -0.2) is 29.3 Å². The van der Waals surface area contributed by atoms with E-state index in [0.29, 0.717) is 23.0 Å². The number of amides is 4. The number of hydrogen-bond acceptors (Lipinski definition) is 3. The predicted octanol–water partition coefficient (Wildman–Crippen LogP) is 3.54. The number of anilines is 1. The van der Waals surface area contributed by atoms with Crippen LogP contribution >= 0.6 is 31.9 Å². The molecule has 2 aliphatic rings. The van der Waals surface area contributed by atoms with E-state index < -0.39 is 17.5 Å². The normalized spacial score (nSPS) is 20.7. The number of nitrogens with zero attached hydrogens (tertiary/aromatic N) is 1. The van der Waals surface area contributed by atoms with Crippen LogP contribution < -0.4 is 10.6 Å². The van der Waals surface area contributed by atoms with Crippen molar-refractivity contribution in [1.29, 1.82) is 0 Å². The molecular formula is C19H15Br2N3O3. The lowest BCUT2D eigenvalue weighted by atomic mass is 9.92. The van der Waals surface area contributed by atoms with E-state index >= 15 is 0 Å². The molecule has 0 aromatic heterocycles. The van der Waals surface area contributed by atoms with E-state index in [0.717, 1.165) is 20.5 Å². The van der Waals surface area contributed by atoms with E-state index in [4.69, 9.17) is 0 Å². The Hall–Kier alpha value is -2.19. The number of urea groups is 1. The highest BCUT2D eigenvalue weighted by Gasteiger charge is 2.55. The molecule has 1 fully saturated rings. The third-order valence-electron chi connectivity index (χ3n) is 4.93. The van der Waals surface area contributed by atoms with E-state index in [1.54, 1.807) is 18.2 Å². The van der Waals surface area contributed by atoms with Crippen LogP contribution in [0.15, 0.2) is 51.4 Å². The summed E-state index contributed by atoms with van der Waals surface area (Å²) in [4.78, 5) is 38.9. The summed E-state index contributed by atoms with van der Waals surface area (Å²) in [6.45, 7) is -0.336. The Morgan fingerprint density at radius 1 is 1.19 bits per heavy atom. The molecule has 6 nitrogen and oxygen atoms in total. The van der Waals surface area contributed by atoms with Crippen molar-refractivity contribution in [2.24, 2.45) is 0 Å². The molecule has 4 rings (SSSR count). The maximum Gasteiger partial charge on any atom is 0.325 e. The van der Waals surface area contributed by atoms with Gasteiger partial charge in [0.25, 0.3) is 5.91 Å². The molecule has 0 bridgehead atoms. The molecule has 1 saturated heterocycles. The minimum absolute atomic E-state index is 0.336. The third-order valence-corrected chi connectivity index (χ3v) is 6.08. The van der Waals surface area contributed by atoms with Crippen molar-refractivity contribution >= 4 is 55.4 Å². The molecule has 1 aliphatic heterocycles. The number of rotatable bonds is 3. The summed E-state index contributed by atoms with van der Waals surface area (Å²) < 4.78 is 1.56. The number of carbonyl (C=O) groups excluding carboxylic acids is 3. The first-order chi connectivity index (χ1) is 12.9. The van der Waals surface area contributed by atoms with Crippen LogP contribution in [0.5, 0.6) is 0 Å². The van der Waals surface area contributed by atoms with Gasteiger partial charge in [0.05, 0.1) is 5.69 Å².